The van der Waals surface area contributed by atoms with Gasteiger partial charge in [0.15, 0.2) is 0 Å². The van der Waals surface area contributed by atoms with Crippen molar-refractivity contribution in [3.8, 4) is 0 Å². The van der Waals surface area contributed by atoms with Crippen molar-refractivity contribution in [2.45, 2.75) is 0 Å². The van der Waals surface area contributed by atoms with Crippen LogP contribution in [0.2, 0.25) is 0 Å². The van der Waals surface area contributed by atoms with Gasteiger partial charge in [-0.2, -0.15) is 0 Å². The van der Waals surface area contributed by atoms with E-state index in [-0.39, 0.29) is 5.56 Å². The molecule has 0 saturated heterocycles. The molecule has 0 aliphatic carbocycles. The number of carboxylic acid groups (broad SMARTS) is 1. The number of aromatic carboxylic acids is 1. The van der Waals surface area contributed by atoms with Crippen LogP contribution in [0.4, 0.5) is 4.39 Å². The van der Waals surface area contributed by atoms with Gasteiger partial charge < -0.3 is 10.1 Å². The van der Waals surface area contributed by atoms with E-state index in [1.54, 1.807) is 0 Å². The Morgan fingerprint density at radius 3 is 2.86 bits per heavy atom. The van der Waals surface area contributed by atoms with Gasteiger partial charge in [-0.05, 0) is 34.1 Å². The van der Waals surface area contributed by atoms with Crippen molar-refractivity contribution in [3.63, 3.8) is 0 Å². The molecule has 1 aromatic carbocycles. The van der Waals surface area contributed by atoms with Crippen LogP contribution >= 0.6 is 15.9 Å². The van der Waals surface area contributed by atoms with E-state index in [1.165, 1.54) is 18.2 Å². The highest BCUT2D eigenvalue weighted by atomic mass is 79.9. The fourth-order valence-corrected chi connectivity index (χ4v) is 1.94. The third kappa shape index (κ3) is 1.29. The summed E-state index contributed by atoms with van der Waals surface area (Å²) in [5.74, 6) is -1.45. The van der Waals surface area contributed by atoms with Gasteiger partial charge in [-0.1, -0.05) is 0 Å². The van der Waals surface area contributed by atoms with Crippen molar-refractivity contribution in [3.05, 3.63) is 34.2 Å². The maximum absolute atomic E-state index is 12.8. The summed E-state index contributed by atoms with van der Waals surface area (Å²) < 4.78 is 13.1. The minimum atomic E-state index is -1.05. The van der Waals surface area contributed by atoms with E-state index in [0.717, 1.165) is 0 Å². The van der Waals surface area contributed by atoms with Crippen LogP contribution in [0.3, 0.4) is 0 Å². The van der Waals surface area contributed by atoms with E-state index in [2.05, 4.69) is 20.9 Å². The number of rotatable bonds is 1. The molecule has 0 radical (unpaired) electrons. The number of halogens is 2. The number of aromatic nitrogens is 1. The first-order chi connectivity index (χ1) is 6.59. The van der Waals surface area contributed by atoms with Crippen LogP contribution in [0.25, 0.3) is 10.9 Å². The minimum Gasteiger partial charge on any atom is -0.478 e. The molecule has 2 rings (SSSR count). The van der Waals surface area contributed by atoms with Gasteiger partial charge in [0.25, 0.3) is 0 Å². The summed E-state index contributed by atoms with van der Waals surface area (Å²) in [6.07, 6.45) is 0. The smallest absolute Gasteiger partial charge is 0.339 e. The highest BCUT2D eigenvalue weighted by Gasteiger charge is 2.15. The predicted octanol–water partition coefficient (Wildman–Crippen LogP) is 2.77. The van der Waals surface area contributed by atoms with Crippen molar-refractivity contribution >= 4 is 32.8 Å². The Bertz CT molecular complexity index is 521. The summed E-state index contributed by atoms with van der Waals surface area (Å²) >= 11 is 3.08. The summed E-state index contributed by atoms with van der Waals surface area (Å²) in [5, 5.41) is 9.37. The number of benzene rings is 1. The minimum absolute atomic E-state index is 0.125. The normalized spacial score (nSPS) is 10.7. The van der Waals surface area contributed by atoms with Crippen LogP contribution < -0.4 is 0 Å². The molecule has 0 unspecified atom stereocenters. The van der Waals surface area contributed by atoms with Crippen LogP contribution in [0.5, 0.6) is 0 Å². The lowest BCUT2D eigenvalue weighted by Gasteiger charge is -1.92. The number of nitrogens with one attached hydrogen (secondary N) is 1. The molecule has 0 aliphatic rings. The number of carboxylic acids is 1. The third-order valence-electron chi connectivity index (χ3n) is 1.93. The summed E-state index contributed by atoms with van der Waals surface area (Å²) in [4.78, 5) is 13.6. The van der Waals surface area contributed by atoms with E-state index in [4.69, 9.17) is 5.11 Å². The molecule has 0 fully saturated rings. The molecule has 0 amide bonds. The zero-order chi connectivity index (χ0) is 10.3. The average Bonchev–Trinajstić information content (AvgIpc) is 2.39. The van der Waals surface area contributed by atoms with E-state index < -0.39 is 11.8 Å². The number of aromatic amines is 1. The molecule has 0 aliphatic heterocycles. The van der Waals surface area contributed by atoms with Gasteiger partial charge in [0.05, 0.1) is 15.7 Å². The Hall–Kier alpha value is -1.36. The average molecular weight is 258 g/mol. The van der Waals surface area contributed by atoms with Crippen LogP contribution in [-0.2, 0) is 0 Å². The van der Waals surface area contributed by atoms with Crippen LogP contribution in [0.15, 0.2) is 22.8 Å². The second kappa shape index (κ2) is 3.09. The second-order valence-electron chi connectivity index (χ2n) is 2.81. The summed E-state index contributed by atoms with van der Waals surface area (Å²) in [6.45, 7) is 0. The van der Waals surface area contributed by atoms with Gasteiger partial charge in [-0.15, -0.1) is 0 Å². The number of H-pyrrole nitrogens is 1. The van der Waals surface area contributed by atoms with Crippen molar-refractivity contribution in [2.24, 2.45) is 0 Å². The Kier molecular flexibility index (Phi) is 2.03. The monoisotopic (exact) mass is 257 g/mol. The SMILES string of the molecule is O=C(O)c1c(Br)[nH]c2cc(F)ccc12. The second-order valence-corrected chi connectivity index (χ2v) is 3.60. The zero-order valence-corrected chi connectivity index (χ0v) is 8.43. The predicted molar refractivity (Wildman–Crippen MR) is 52.9 cm³/mol. The molecule has 14 heavy (non-hydrogen) atoms. The lowest BCUT2D eigenvalue weighted by molar-refractivity contribution is 0.0698. The molecule has 2 N–H and O–H groups in total. The Morgan fingerprint density at radius 2 is 2.21 bits per heavy atom. The topological polar surface area (TPSA) is 53.1 Å². The Labute approximate surface area is 86.7 Å². The maximum atomic E-state index is 12.8. The summed E-state index contributed by atoms with van der Waals surface area (Å²) in [5.41, 5.74) is 0.592. The zero-order valence-electron chi connectivity index (χ0n) is 6.84. The molecule has 0 atom stereocenters. The van der Waals surface area contributed by atoms with Gasteiger partial charge in [-0.25, -0.2) is 9.18 Å². The number of carbonyl (C=O) groups is 1. The largest absolute Gasteiger partial charge is 0.478 e. The highest BCUT2D eigenvalue weighted by Crippen LogP contribution is 2.26. The van der Waals surface area contributed by atoms with Crippen molar-refractivity contribution < 1.29 is 14.3 Å². The molecule has 72 valence electrons. The number of hydrogen-bond donors (Lipinski definition) is 2. The van der Waals surface area contributed by atoms with Crippen molar-refractivity contribution in [1.29, 1.82) is 0 Å². The first kappa shape index (κ1) is 9.21. The molecule has 2 aromatic rings. The molecule has 0 bridgehead atoms. The molecule has 1 heterocycles. The maximum Gasteiger partial charge on any atom is 0.339 e. The van der Waals surface area contributed by atoms with Crippen molar-refractivity contribution in [1.82, 2.24) is 4.98 Å². The summed E-state index contributed by atoms with van der Waals surface area (Å²) in [7, 11) is 0. The van der Waals surface area contributed by atoms with Gasteiger partial charge in [0.1, 0.15) is 5.82 Å². The van der Waals surface area contributed by atoms with E-state index >= 15 is 0 Å². The van der Waals surface area contributed by atoms with E-state index in [0.29, 0.717) is 15.5 Å². The lowest BCUT2D eigenvalue weighted by Crippen LogP contribution is -1.95. The first-order valence-corrected chi connectivity index (χ1v) is 4.59. The molecule has 0 saturated carbocycles. The Balaban J connectivity index is 2.84. The van der Waals surface area contributed by atoms with Crippen LogP contribution in [-0.4, -0.2) is 16.1 Å². The molecule has 3 nitrogen and oxygen atoms in total. The van der Waals surface area contributed by atoms with Gasteiger partial charge >= 0.3 is 5.97 Å². The number of fused-ring (bicyclic) bond motifs is 1. The van der Waals surface area contributed by atoms with Crippen LogP contribution in [0.1, 0.15) is 10.4 Å². The van der Waals surface area contributed by atoms with Gasteiger partial charge in [0, 0.05) is 5.39 Å². The molecular formula is C9H5BrFNO2. The first-order valence-electron chi connectivity index (χ1n) is 3.79. The van der Waals surface area contributed by atoms with Crippen molar-refractivity contribution in [2.75, 3.05) is 0 Å². The molecule has 0 spiro atoms. The molecule has 1 aromatic heterocycles. The van der Waals surface area contributed by atoms with E-state index in [9.17, 15) is 9.18 Å². The van der Waals surface area contributed by atoms with Gasteiger partial charge in [0.2, 0.25) is 0 Å². The fraction of sp³-hybridized carbons (Fsp3) is 0. The van der Waals surface area contributed by atoms with Crippen LogP contribution in [0, 0.1) is 5.82 Å². The van der Waals surface area contributed by atoms with Gasteiger partial charge in [-0.3, -0.25) is 0 Å². The molecular weight excluding hydrogens is 253 g/mol. The highest BCUT2D eigenvalue weighted by molar-refractivity contribution is 9.10. The Morgan fingerprint density at radius 1 is 1.50 bits per heavy atom. The third-order valence-corrected chi connectivity index (χ3v) is 2.52. The number of hydrogen-bond acceptors (Lipinski definition) is 1. The fourth-order valence-electron chi connectivity index (χ4n) is 1.35. The summed E-state index contributed by atoms with van der Waals surface area (Å²) in [6, 6.07) is 3.93. The quantitative estimate of drug-likeness (QED) is 0.826. The standard InChI is InChI=1S/C9H5BrFNO2/c10-8-7(9(13)14)5-2-1-4(11)3-6(5)12-8/h1-3,12H,(H,13,14). The lowest BCUT2D eigenvalue weighted by atomic mass is 10.2. The molecule has 5 heteroatoms. The van der Waals surface area contributed by atoms with E-state index in [1.807, 2.05) is 0 Å².